The summed E-state index contributed by atoms with van der Waals surface area (Å²) < 4.78 is 5.06. The van der Waals surface area contributed by atoms with Crippen molar-refractivity contribution >= 4 is 22.5 Å². The van der Waals surface area contributed by atoms with Gasteiger partial charge >= 0.3 is 0 Å². The van der Waals surface area contributed by atoms with Crippen LogP contribution in [0.15, 0.2) is 41.2 Å². The fourth-order valence-corrected chi connectivity index (χ4v) is 2.94. The first kappa shape index (κ1) is 13.8. The molecule has 0 bridgehead atoms. The molecule has 0 atom stereocenters. The van der Waals surface area contributed by atoms with Crippen molar-refractivity contribution in [3.8, 4) is 0 Å². The molecule has 0 saturated heterocycles. The number of H-pyrrole nitrogens is 1. The molecule has 6 heteroatoms. The average molecular weight is 308 g/mol. The molecule has 0 aromatic carbocycles. The summed E-state index contributed by atoms with van der Waals surface area (Å²) in [5.74, 6) is 0.192. The minimum atomic E-state index is -0.110. The van der Waals surface area contributed by atoms with Gasteiger partial charge in [-0.25, -0.2) is 4.98 Å². The summed E-state index contributed by atoms with van der Waals surface area (Å²) in [5.41, 5.74) is 4.00. The average Bonchev–Trinajstić information content (AvgIpc) is 3.21. The summed E-state index contributed by atoms with van der Waals surface area (Å²) >= 11 is 0. The number of fused-ring (bicyclic) bond motifs is 1. The van der Waals surface area contributed by atoms with E-state index in [4.69, 9.17) is 4.52 Å². The lowest BCUT2D eigenvalue weighted by atomic mass is 9.99. The maximum absolute atomic E-state index is 12.4. The third-order valence-corrected chi connectivity index (χ3v) is 4.13. The maximum atomic E-state index is 12.4. The van der Waals surface area contributed by atoms with Crippen LogP contribution < -0.4 is 0 Å². The van der Waals surface area contributed by atoms with Crippen LogP contribution >= 0.6 is 0 Å². The van der Waals surface area contributed by atoms with E-state index < -0.39 is 0 Å². The van der Waals surface area contributed by atoms with Gasteiger partial charge in [0.1, 0.15) is 5.65 Å². The number of carbonyl (C=O) groups excluding carboxylic acids is 1. The van der Waals surface area contributed by atoms with E-state index in [1.165, 1.54) is 5.57 Å². The van der Waals surface area contributed by atoms with E-state index in [0.717, 1.165) is 23.0 Å². The highest BCUT2D eigenvalue weighted by Crippen LogP contribution is 2.28. The third-order valence-electron chi connectivity index (χ3n) is 4.13. The van der Waals surface area contributed by atoms with Gasteiger partial charge in [0.2, 0.25) is 5.76 Å². The Hall–Kier alpha value is -2.89. The largest absolute Gasteiger partial charge is 0.351 e. The Bertz CT molecular complexity index is 906. The lowest BCUT2D eigenvalue weighted by Gasteiger charge is -2.25. The Morgan fingerprint density at radius 2 is 2.35 bits per heavy atom. The van der Waals surface area contributed by atoms with Crippen molar-refractivity contribution in [2.24, 2.45) is 0 Å². The van der Waals surface area contributed by atoms with Crippen LogP contribution in [0, 0.1) is 6.92 Å². The molecule has 0 fully saturated rings. The van der Waals surface area contributed by atoms with E-state index in [-0.39, 0.29) is 5.91 Å². The van der Waals surface area contributed by atoms with Crippen molar-refractivity contribution in [2.75, 3.05) is 13.1 Å². The number of carbonyl (C=O) groups is 1. The lowest BCUT2D eigenvalue weighted by molar-refractivity contribution is 0.0731. The van der Waals surface area contributed by atoms with Gasteiger partial charge in [0.05, 0.1) is 5.69 Å². The minimum absolute atomic E-state index is 0.110. The lowest BCUT2D eigenvalue weighted by Crippen LogP contribution is -2.34. The van der Waals surface area contributed by atoms with Crippen LogP contribution in [0.5, 0.6) is 0 Å². The van der Waals surface area contributed by atoms with Gasteiger partial charge in [-0.3, -0.25) is 4.79 Å². The second-order valence-electron chi connectivity index (χ2n) is 5.66. The van der Waals surface area contributed by atoms with Crippen LogP contribution in [0.1, 0.15) is 28.2 Å². The van der Waals surface area contributed by atoms with E-state index in [1.807, 2.05) is 12.3 Å². The maximum Gasteiger partial charge on any atom is 0.292 e. The van der Waals surface area contributed by atoms with Gasteiger partial charge in [0.25, 0.3) is 5.91 Å². The molecule has 6 nitrogen and oxygen atoms in total. The molecule has 1 amide bonds. The molecular formula is C17H16N4O2. The summed E-state index contributed by atoms with van der Waals surface area (Å²) in [5, 5.41) is 4.89. The van der Waals surface area contributed by atoms with Crippen LogP contribution in [0.3, 0.4) is 0 Å². The highest BCUT2D eigenvalue weighted by molar-refractivity contribution is 5.94. The number of aryl methyl sites for hydroxylation is 1. The Morgan fingerprint density at radius 1 is 1.43 bits per heavy atom. The first-order valence-electron chi connectivity index (χ1n) is 7.56. The molecule has 0 saturated carbocycles. The van der Waals surface area contributed by atoms with E-state index in [9.17, 15) is 4.79 Å². The van der Waals surface area contributed by atoms with Gasteiger partial charge in [-0.1, -0.05) is 11.2 Å². The zero-order valence-electron chi connectivity index (χ0n) is 12.7. The molecule has 3 aromatic heterocycles. The Kier molecular flexibility index (Phi) is 3.22. The van der Waals surface area contributed by atoms with Gasteiger partial charge in [-0.15, -0.1) is 0 Å². The summed E-state index contributed by atoms with van der Waals surface area (Å²) in [6.45, 7) is 3.04. The topological polar surface area (TPSA) is 75.0 Å². The fourth-order valence-electron chi connectivity index (χ4n) is 2.94. The number of nitrogens with zero attached hydrogens (tertiary/aromatic N) is 3. The molecule has 116 valence electrons. The quantitative estimate of drug-likeness (QED) is 0.790. The molecule has 3 aromatic rings. The molecule has 23 heavy (non-hydrogen) atoms. The summed E-state index contributed by atoms with van der Waals surface area (Å²) in [7, 11) is 0. The minimum Gasteiger partial charge on any atom is -0.351 e. The first-order chi connectivity index (χ1) is 11.2. The molecule has 0 unspecified atom stereocenters. The number of hydrogen-bond donors (Lipinski definition) is 1. The second-order valence-corrected chi connectivity index (χ2v) is 5.66. The number of nitrogens with one attached hydrogen (secondary N) is 1. The van der Waals surface area contributed by atoms with E-state index in [2.05, 4.69) is 27.3 Å². The zero-order chi connectivity index (χ0) is 15.8. The number of rotatable bonds is 2. The van der Waals surface area contributed by atoms with Gasteiger partial charge in [-0.2, -0.15) is 0 Å². The number of aromatic nitrogens is 3. The van der Waals surface area contributed by atoms with Crippen molar-refractivity contribution in [2.45, 2.75) is 13.3 Å². The van der Waals surface area contributed by atoms with Gasteiger partial charge in [0.15, 0.2) is 0 Å². The predicted molar refractivity (Wildman–Crippen MR) is 85.8 cm³/mol. The molecule has 4 heterocycles. The molecule has 0 radical (unpaired) electrons. The fraction of sp³-hybridized carbons (Fsp3) is 0.235. The normalized spacial score (nSPS) is 15.0. The highest BCUT2D eigenvalue weighted by atomic mass is 16.5. The van der Waals surface area contributed by atoms with Crippen LogP contribution in [0.2, 0.25) is 0 Å². The van der Waals surface area contributed by atoms with E-state index in [0.29, 0.717) is 24.5 Å². The van der Waals surface area contributed by atoms with Crippen molar-refractivity contribution in [1.29, 1.82) is 0 Å². The number of aromatic amines is 1. The van der Waals surface area contributed by atoms with E-state index in [1.54, 1.807) is 24.1 Å². The van der Waals surface area contributed by atoms with Gasteiger partial charge in [-0.05, 0) is 31.1 Å². The summed E-state index contributed by atoms with van der Waals surface area (Å²) in [6, 6.07) is 5.67. The molecule has 1 N–H and O–H groups in total. The van der Waals surface area contributed by atoms with Crippen molar-refractivity contribution in [1.82, 2.24) is 20.0 Å². The van der Waals surface area contributed by atoms with Crippen molar-refractivity contribution in [3.05, 3.63) is 53.7 Å². The van der Waals surface area contributed by atoms with Crippen LogP contribution in [-0.2, 0) is 0 Å². The van der Waals surface area contributed by atoms with Crippen molar-refractivity contribution < 1.29 is 9.32 Å². The Labute approximate surface area is 132 Å². The highest BCUT2D eigenvalue weighted by Gasteiger charge is 2.23. The van der Waals surface area contributed by atoms with Gasteiger partial charge < -0.3 is 14.4 Å². The molecule has 4 rings (SSSR count). The molecule has 1 aliphatic rings. The zero-order valence-corrected chi connectivity index (χ0v) is 12.7. The second kappa shape index (κ2) is 5.39. The molecule has 1 aliphatic heterocycles. The number of amides is 1. The summed E-state index contributed by atoms with van der Waals surface area (Å²) in [6.07, 6.45) is 6.67. The van der Waals surface area contributed by atoms with Crippen LogP contribution in [0.4, 0.5) is 0 Å². The third kappa shape index (κ3) is 2.42. The van der Waals surface area contributed by atoms with Crippen molar-refractivity contribution in [3.63, 3.8) is 0 Å². The Morgan fingerprint density at radius 3 is 3.09 bits per heavy atom. The first-order valence-corrected chi connectivity index (χ1v) is 7.56. The molecule has 0 spiro atoms. The summed E-state index contributed by atoms with van der Waals surface area (Å²) in [4.78, 5) is 21.6. The SMILES string of the molecule is Cc1cc(C(=O)N2CC=C(c3c[nH]c4ncccc34)CC2)on1. The standard InChI is InChI=1S/C17H16N4O2/c1-11-9-15(23-20-11)17(22)21-7-4-12(5-8-21)14-10-19-16-13(14)3-2-6-18-16/h2-4,6,9-10H,5,7-8H2,1H3,(H,18,19). The number of pyridine rings is 1. The smallest absolute Gasteiger partial charge is 0.292 e. The monoisotopic (exact) mass is 308 g/mol. The predicted octanol–water partition coefficient (Wildman–Crippen LogP) is 2.79. The van der Waals surface area contributed by atoms with Gasteiger partial charge in [0, 0.05) is 42.5 Å². The number of hydrogen-bond acceptors (Lipinski definition) is 4. The van der Waals surface area contributed by atoms with E-state index >= 15 is 0 Å². The molecular weight excluding hydrogens is 292 g/mol. The Balaban J connectivity index is 1.56. The van der Waals surface area contributed by atoms with Crippen LogP contribution in [-0.4, -0.2) is 39.0 Å². The van der Waals surface area contributed by atoms with Crippen LogP contribution in [0.25, 0.3) is 16.6 Å². The molecule has 0 aliphatic carbocycles.